The highest BCUT2D eigenvalue weighted by Gasteiger charge is 2.35. The zero-order valence-corrected chi connectivity index (χ0v) is 8.84. The summed E-state index contributed by atoms with van der Waals surface area (Å²) < 4.78 is 37.6. The predicted octanol–water partition coefficient (Wildman–Crippen LogP) is 2.68. The zero-order valence-electron chi connectivity index (χ0n) is 8.84. The van der Waals surface area contributed by atoms with Crippen LogP contribution < -0.4 is 0 Å². The van der Waals surface area contributed by atoms with Crippen LogP contribution in [0, 0.1) is 0 Å². The van der Waals surface area contributed by atoms with E-state index in [-0.39, 0.29) is 11.3 Å². The first-order valence-electron chi connectivity index (χ1n) is 5.23. The lowest BCUT2D eigenvalue weighted by Gasteiger charge is -2.19. The Balaban J connectivity index is 2.60. The molecular formula is C11H10F3NO2. The van der Waals surface area contributed by atoms with Crippen molar-refractivity contribution in [1.29, 1.82) is 0 Å². The molecular weight excluding hydrogens is 235 g/mol. The molecule has 2 rings (SSSR count). The molecule has 0 aliphatic heterocycles. The number of pyridine rings is 1. The molecule has 1 N–H and O–H groups in total. The Morgan fingerprint density at radius 1 is 1.29 bits per heavy atom. The number of rotatable bonds is 1. The fourth-order valence-electron chi connectivity index (χ4n) is 2.04. The van der Waals surface area contributed by atoms with Crippen molar-refractivity contribution in [3.63, 3.8) is 0 Å². The van der Waals surface area contributed by atoms with Gasteiger partial charge in [0.1, 0.15) is 5.69 Å². The van der Waals surface area contributed by atoms with Crippen molar-refractivity contribution < 1.29 is 23.1 Å². The van der Waals surface area contributed by atoms with Crippen LogP contribution in [0.1, 0.15) is 40.2 Å². The summed E-state index contributed by atoms with van der Waals surface area (Å²) in [6, 6.07) is 0.631. The van der Waals surface area contributed by atoms with Crippen LogP contribution in [0.25, 0.3) is 0 Å². The van der Waals surface area contributed by atoms with Crippen LogP contribution in [0.2, 0.25) is 0 Å². The van der Waals surface area contributed by atoms with Gasteiger partial charge in [-0.15, -0.1) is 0 Å². The Morgan fingerprint density at radius 2 is 1.94 bits per heavy atom. The van der Waals surface area contributed by atoms with Crippen LogP contribution in [0.5, 0.6) is 0 Å². The molecule has 6 heteroatoms. The molecule has 0 spiro atoms. The van der Waals surface area contributed by atoms with Crippen LogP contribution in [-0.4, -0.2) is 16.1 Å². The molecule has 0 aromatic carbocycles. The van der Waals surface area contributed by atoms with Gasteiger partial charge in [0.2, 0.25) is 0 Å². The van der Waals surface area contributed by atoms with Crippen molar-refractivity contribution >= 4 is 5.97 Å². The predicted molar refractivity (Wildman–Crippen MR) is 52.8 cm³/mol. The molecule has 3 nitrogen and oxygen atoms in total. The van der Waals surface area contributed by atoms with E-state index >= 15 is 0 Å². The second-order valence-electron chi connectivity index (χ2n) is 3.99. The van der Waals surface area contributed by atoms with E-state index in [2.05, 4.69) is 4.98 Å². The highest BCUT2D eigenvalue weighted by Crippen LogP contribution is 2.32. The van der Waals surface area contributed by atoms with Crippen LogP contribution in [0.3, 0.4) is 0 Å². The molecule has 92 valence electrons. The summed E-state index contributed by atoms with van der Waals surface area (Å²) in [7, 11) is 0. The molecule has 0 atom stereocenters. The maximum absolute atomic E-state index is 12.5. The summed E-state index contributed by atoms with van der Waals surface area (Å²) in [6.45, 7) is 0. The third kappa shape index (κ3) is 2.25. The van der Waals surface area contributed by atoms with E-state index in [1.165, 1.54) is 0 Å². The number of nitrogens with zero attached hydrogens (tertiary/aromatic N) is 1. The Hall–Kier alpha value is -1.59. The van der Waals surface area contributed by atoms with Gasteiger partial charge in [0.25, 0.3) is 0 Å². The molecule has 0 bridgehead atoms. The average molecular weight is 245 g/mol. The van der Waals surface area contributed by atoms with Gasteiger partial charge >= 0.3 is 12.1 Å². The largest absolute Gasteiger partial charge is 0.478 e. The van der Waals surface area contributed by atoms with Crippen molar-refractivity contribution in [2.75, 3.05) is 0 Å². The number of aromatic nitrogens is 1. The molecule has 1 heterocycles. The molecule has 1 aromatic heterocycles. The summed E-state index contributed by atoms with van der Waals surface area (Å²) in [5, 5.41) is 8.94. The van der Waals surface area contributed by atoms with Crippen molar-refractivity contribution in [1.82, 2.24) is 4.98 Å². The number of carboxylic acid groups (broad SMARTS) is 1. The lowest BCUT2D eigenvalue weighted by atomic mass is 9.91. The Bertz CT molecular complexity index is 469. The summed E-state index contributed by atoms with van der Waals surface area (Å²) in [5.41, 5.74) is -0.641. The van der Waals surface area contributed by atoms with Gasteiger partial charge in [-0.25, -0.2) is 9.78 Å². The molecule has 0 saturated carbocycles. The molecule has 1 aromatic rings. The van der Waals surface area contributed by atoms with E-state index in [1.807, 2.05) is 0 Å². The normalized spacial score (nSPS) is 15.5. The van der Waals surface area contributed by atoms with Crippen LogP contribution in [0.15, 0.2) is 6.07 Å². The van der Waals surface area contributed by atoms with Gasteiger partial charge in [0, 0.05) is 5.69 Å². The van der Waals surface area contributed by atoms with Crippen molar-refractivity contribution in [2.45, 2.75) is 31.9 Å². The minimum Gasteiger partial charge on any atom is -0.478 e. The minimum absolute atomic E-state index is 0.262. The maximum Gasteiger partial charge on any atom is 0.433 e. The Morgan fingerprint density at radius 3 is 2.53 bits per heavy atom. The maximum atomic E-state index is 12.5. The van der Waals surface area contributed by atoms with E-state index in [0.29, 0.717) is 24.5 Å². The molecule has 0 saturated heterocycles. The zero-order chi connectivity index (χ0) is 12.6. The number of halogens is 3. The lowest BCUT2D eigenvalue weighted by Crippen LogP contribution is -2.18. The van der Waals surface area contributed by atoms with Crippen molar-refractivity contribution in [3.8, 4) is 0 Å². The second-order valence-corrected chi connectivity index (χ2v) is 3.99. The number of carbonyl (C=O) groups is 1. The standard InChI is InChI=1S/C11H10F3NO2/c12-11(13,14)9-5-7(10(16)17)6-3-1-2-4-8(6)15-9/h5H,1-4H2,(H,16,17). The summed E-state index contributed by atoms with van der Waals surface area (Å²) in [6.07, 6.45) is -2.15. The topological polar surface area (TPSA) is 50.2 Å². The summed E-state index contributed by atoms with van der Waals surface area (Å²) >= 11 is 0. The monoisotopic (exact) mass is 245 g/mol. The lowest BCUT2D eigenvalue weighted by molar-refractivity contribution is -0.141. The smallest absolute Gasteiger partial charge is 0.433 e. The van der Waals surface area contributed by atoms with Gasteiger partial charge in [-0.3, -0.25) is 0 Å². The second kappa shape index (κ2) is 4.01. The fraction of sp³-hybridized carbons (Fsp3) is 0.455. The molecule has 0 amide bonds. The van der Waals surface area contributed by atoms with E-state index < -0.39 is 17.8 Å². The van der Waals surface area contributed by atoms with E-state index in [0.717, 1.165) is 12.8 Å². The molecule has 1 aliphatic rings. The Labute approximate surface area is 95.3 Å². The average Bonchev–Trinajstić information content (AvgIpc) is 2.26. The number of aromatic carboxylic acids is 1. The van der Waals surface area contributed by atoms with Crippen LogP contribution in [0.4, 0.5) is 13.2 Å². The quantitative estimate of drug-likeness (QED) is 0.827. The molecule has 0 fully saturated rings. The molecule has 1 aliphatic carbocycles. The third-order valence-electron chi connectivity index (χ3n) is 2.82. The summed E-state index contributed by atoms with van der Waals surface area (Å²) in [4.78, 5) is 14.5. The Kier molecular flexibility index (Phi) is 2.81. The highest BCUT2D eigenvalue weighted by atomic mass is 19.4. The van der Waals surface area contributed by atoms with Gasteiger partial charge < -0.3 is 5.11 Å². The van der Waals surface area contributed by atoms with Crippen LogP contribution in [-0.2, 0) is 19.0 Å². The first-order chi connectivity index (χ1) is 7.89. The van der Waals surface area contributed by atoms with E-state index in [1.54, 1.807) is 0 Å². The number of hydrogen-bond acceptors (Lipinski definition) is 2. The highest BCUT2D eigenvalue weighted by molar-refractivity contribution is 5.89. The first kappa shape index (κ1) is 11.9. The minimum atomic E-state index is -4.60. The number of carboxylic acids is 1. The van der Waals surface area contributed by atoms with Gasteiger partial charge in [-0.05, 0) is 37.3 Å². The number of fused-ring (bicyclic) bond motifs is 1. The van der Waals surface area contributed by atoms with Crippen molar-refractivity contribution in [3.05, 3.63) is 28.6 Å². The van der Waals surface area contributed by atoms with Gasteiger partial charge in [-0.1, -0.05) is 0 Å². The van der Waals surface area contributed by atoms with E-state index in [9.17, 15) is 18.0 Å². The van der Waals surface area contributed by atoms with E-state index in [4.69, 9.17) is 5.11 Å². The SMILES string of the molecule is O=C(O)c1cc(C(F)(F)F)nc2c1CCCC2. The fourth-order valence-corrected chi connectivity index (χ4v) is 2.04. The summed E-state index contributed by atoms with van der Waals surface area (Å²) in [5.74, 6) is -1.32. The van der Waals surface area contributed by atoms with Gasteiger partial charge in [0.05, 0.1) is 5.56 Å². The molecule has 0 radical (unpaired) electrons. The molecule has 17 heavy (non-hydrogen) atoms. The first-order valence-corrected chi connectivity index (χ1v) is 5.23. The molecule has 0 unspecified atom stereocenters. The number of hydrogen-bond donors (Lipinski definition) is 1. The van der Waals surface area contributed by atoms with Gasteiger partial charge in [-0.2, -0.15) is 13.2 Å². The van der Waals surface area contributed by atoms with Crippen molar-refractivity contribution in [2.24, 2.45) is 0 Å². The van der Waals surface area contributed by atoms with Gasteiger partial charge in [0.15, 0.2) is 0 Å². The number of aryl methyl sites for hydroxylation is 1. The van der Waals surface area contributed by atoms with Crippen LogP contribution >= 0.6 is 0 Å². The number of alkyl halides is 3. The third-order valence-corrected chi connectivity index (χ3v) is 2.82.